The van der Waals surface area contributed by atoms with Crippen LogP contribution >= 0.6 is 0 Å². The number of ketones is 1. The first-order valence-corrected chi connectivity index (χ1v) is 13.3. The Morgan fingerprint density at radius 3 is 2.45 bits per heavy atom. The van der Waals surface area contributed by atoms with Crippen molar-refractivity contribution in [2.75, 3.05) is 11.1 Å². The number of pyridine rings is 1. The lowest BCUT2D eigenvalue weighted by atomic mass is 10.0. The number of benzene rings is 3. The maximum atomic E-state index is 15.3. The average Bonchev–Trinajstić information content (AvgIpc) is 3.37. The quantitative estimate of drug-likeness (QED) is 0.144. The van der Waals surface area contributed by atoms with Crippen LogP contribution in [0, 0.1) is 5.82 Å². The Labute approximate surface area is 249 Å². The predicted octanol–water partition coefficient (Wildman–Crippen LogP) is 6.35. The number of aryl methyl sites for hydroxylation is 2. The van der Waals surface area contributed by atoms with Gasteiger partial charge in [0.25, 0.3) is 0 Å². The average molecular weight is 609 g/mol. The van der Waals surface area contributed by atoms with Gasteiger partial charge in [-0.15, -0.1) is 0 Å². The normalized spacial score (nSPS) is 11.9. The standard InChI is InChI=1S/C29H27FN6O.C2HF3O2/c1-4-18-8-11-25(30)24(14-18)26(33-22-9-10-23-20(16-22)12-13-32-27(23)31)29-34-28(35-36(29)3)21-7-5-6-19(15-21)17(2)37;3-2(4,5)1(6)7/h5-16,26,33H,4H2,1-3H3,(H2,31,32);(H,6,7). The maximum Gasteiger partial charge on any atom is 0.490 e. The zero-order valence-corrected chi connectivity index (χ0v) is 23.9. The fourth-order valence-corrected chi connectivity index (χ4v) is 4.42. The number of alkyl halides is 3. The molecule has 1 unspecified atom stereocenters. The Morgan fingerprint density at radius 2 is 1.80 bits per heavy atom. The second kappa shape index (κ2) is 12.9. The molecule has 0 fully saturated rings. The number of halogens is 4. The number of nitrogens with two attached hydrogens (primary N) is 1. The summed E-state index contributed by atoms with van der Waals surface area (Å²) in [6.07, 6.45) is -2.66. The highest BCUT2D eigenvalue weighted by atomic mass is 19.4. The van der Waals surface area contributed by atoms with Crippen molar-refractivity contribution in [3.05, 3.63) is 101 Å². The smallest absolute Gasteiger partial charge is 0.475 e. The van der Waals surface area contributed by atoms with Gasteiger partial charge >= 0.3 is 12.1 Å². The molecule has 5 rings (SSSR count). The first-order valence-electron chi connectivity index (χ1n) is 13.3. The van der Waals surface area contributed by atoms with Crippen LogP contribution in [0.25, 0.3) is 22.2 Å². The van der Waals surface area contributed by atoms with Crippen LogP contribution in [0.4, 0.5) is 29.1 Å². The number of Topliss-reactive ketones (excluding diaryl/α,β-unsaturated/α-hetero) is 1. The van der Waals surface area contributed by atoms with Gasteiger partial charge in [-0.05, 0) is 60.7 Å². The molecule has 9 nitrogen and oxygen atoms in total. The number of nitrogens with zero attached hydrogens (tertiary/aromatic N) is 4. The lowest BCUT2D eigenvalue weighted by molar-refractivity contribution is -0.192. The molecule has 4 N–H and O–H groups in total. The molecule has 0 radical (unpaired) electrons. The third kappa shape index (κ3) is 7.17. The molecular formula is C31H28F4N6O3. The van der Waals surface area contributed by atoms with Crippen molar-refractivity contribution < 1.29 is 32.3 Å². The fourth-order valence-electron chi connectivity index (χ4n) is 4.42. The van der Waals surface area contributed by atoms with Crippen molar-refractivity contribution in [3.63, 3.8) is 0 Å². The molecular weight excluding hydrogens is 580 g/mol. The third-order valence-electron chi connectivity index (χ3n) is 6.71. The molecule has 0 aliphatic rings. The number of aromatic nitrogens is 4. The van der Waals surface area contributed by atoms with Crippen LogP contribution in [0.2, 0.25) is 0 Å². The summed E-state index contributed by atoms with van der Waals surface area (Å²) in [7, 11) is 1.78. The van der Waals surface area contributed by atoms with Gasteiger partial charge < -0.3 is 16.2 Å². The van der Waals surface area contributed by atoms with E-state index in [0.717, 1.165) is 28.4 Å². The number of carboxylic acids is 1. The zero-order valence-electron chi connectivity index (χ0n) is 23.9. The van der Waals surface area contributed by atoms with E-state index in [0.29, 0.717) is 34.2 Å². The molecule has 0 amide bonds. The number of nitrogens with one attached hydrogen (secondary N) is 1. The minimum absolute atomic E-state index is 0.0388. The summed E-state index contributed by atoms with van der Waals surface area (Å²) in [5.74, 6) is -1.70. The Kier molecular flexibility index (Phi) is 9.26. The molecule has 228 valence electrons. The molecule has 2 heterocycles. The molecule has 2 aromatic heterocycles. The van der Waals surface area contributed by atoms with Gasteiger partial charge in [-0.2, -0.15) is 18.3 Å². The van der Waals surface area contributed by atoms with E-state index in [4.69, 9.17) is 20.6 Å². The summed E-state index contributed by atoms with van der Waals surface area (Å²) in [6, 6.07) is 19.3. The molecule has 5 aromatic rings. The largest absolute Gasteiger partial charge is 0.490 e. The molecule has 1 atom stereocenters. The number of carbonyl (C=O) groups is 2. The SMILES string of the molecule is CCc1ccc(F)c(C(Nc2ccc3c(N)nccc3c2)c2nc(-c3cccc(C(C)=O)c3)nn2C)c1.O=C(O)C(F)(F)F. The minimum Gasteiger partial charge on any atom is -0.475 e. The highest BCUT2D eigenvalue weighted by molar-refractivity contribution is 5.95. The lowest BCUT2D eigenvalue weighted by Gasteiger charge is -2.21. The van der Waals surface area contributed by atoms with Crippen LogP contribution in [0.1, 0.15) is 47.2 Å². The van der Waals surface area contributed by atoms with Crippen molar-refractivity contribution in [1.29, 1.82) is 0 Å². The van der Waals surface area contributed by atoms with Gasteiger partial charge in [-0.25, -0.2) is 19.2 Å². The summed E-state index contributed by atoms with van der Waals surface area (Å²) < 4.78 is 48.7. The second-order valence-electron chi connectivity index (χ2n) is 9.78. The summed E-state index contributed by atoms with van der Waals surface area (Å²) in [5.41, 5.74) is 9.56. The van der Waals surface area contributed by atoms with Crippen molar-refractivity contribution in [2.24, 2.45) is 7.05 Å². The van der Waals surface area contributed by atoms with Crippen LogP contribution in [-0.4, -0.2) is 42.8 Å². The van der Waals surface area contributed by atoms with Gasteiger partial charge in [0, 0.05) is 41.0 Å². The Bertz CT molecular complexity index is 1840. The van der Waals surface area contributed by atoms with Gasteiger partial charge in [0.2, 0.25) is 0 Å². The fraction of sp³-hybridized carbons (Fsp3) is 0.194. The van der Waals surface area contributed by atoms with E-state index in [1.54, 1.807) is 42.2 Å². The number of nitrogen functional groups attached to an aromatic ring is 1. The number of hydrogen-bond donors (Lipinski definition) is 3. The first kappa shape index (κ1) is 31.6. The lowest BCUT2D eigenvalue weighted by Crippen LogP contribution is -2.21. The maximum absolute atomic E-state index is 15.3. The summed E-state index contributed by atoms with van der Waals surface area (Å²) >= 11 is 0. The van der Waals surface area contributed by atoms with E-state index in [1.165, 1.54) is 13.0 Å². The van der Waals surface area contributed by atoms with Gasteiger partial charge in [-0.3, -0.25) is 9.48 Å². The molecule has 44 heavy (non-hydrogen) atoms. The molecule has 0 spiro atoms. The van der Waals surface area contributed by atoms with E-state index in [2.05, 4.69) is 15.4 Å². The molecule has 0 saturated carbocycles. The summed E-state index contributed by atoms with van der Waals surface area (Å²) in [6.45, 7) is 3.55. The summed E-state index contributed by atoms with van der Waals surface area (Å²) in [4.78, 5) is 29.8. The van der Waals surface area contributed by atoms with E-state index < -0.39 is 18.2 Å². The van der Waals surface area contributed by atoms with E-state index >= 15 is 4.39 Å². The van der Waals surface area contributed by atoms with Gasteiger partial charge in [0.05, 0.1) is 0 Å². The highest BCUT2D eigenvalue weighted by Crippen LogP contribution is 2.32. The number of fused-ring (bicyclic) bond motifs is 1. The molecule has 0 aliphatic heterocycles. The van der Waals surface area contributed by atoms with E-state index in [9.17, 15) is 18.0 Å². The summed E-state index contributed by atoms with van der Waals surface area (Å²) in [5, 5.41) is 17.0. The van der Waals surface area contributed by atoms with E-state index in [-0.39, 0.29) is 11.6 Å². The predicted molar refractivity (Wildman–Crippen MR) is 158 cm³/mol. The molecule has 0 bridgehead atoms. The monoisotopic (exact) mass is 608 g/mol. The van der Waals surface area contributed by atoms with Gasteiger partial charge in [0.1, 0.15) is 17.7 Å². The number of aliphatic carboxylic acids is 1. The first-order chi connectivity index (χ1) is 20.8. The second-order valence-corrected chi connectivity index (χ2v) is 9.78. The minimum atomic E-state index is -5.08. The van der Waals surface area contributed by atoms with E-state index in [1.807, 2.05) is 43.3 Å². The van der Waals surface area contributed by atoms with Crippen LogP contribution in [0.5, 0.6) is 0 Å². The van der Waals surface area contributed by atoms with Crippen molar-refractivity contribution in [3.8, 4) is 11.4 Å². The van der Waals surface area contributed by atoms with Crippen LogP contribution in [0.3, 0.4) is 0 Å². The molecule has 13 heteroatoms. The van der Waals surface area contributed by atoms with Crippen molar-refractivity contribution in [2.45, 2.75) is 32.5 Å². The number of anilines is 2. The molecule has 0 saturated heterocycles. The zero-order chi connectivity index (χ0) is 32.2. The third-order valence-corrected chi connectivity index (χ3v) is 6.71. The van der Waals surface area contributed by atoms with Crippen LogP contribution < -0.4 is 11.1 Å². The number of rotatable bonds is 7. The Balaban J connectivity index is 0.000000566. The number of carboxylic acid groups (broad SMARTS) is 1. The molecule has 0 aliphatic carbocycles. The number of hydrogen-bond acceptors (Lipinski definition) is 7. The van der Waals surface area contributed by atoms with Gasteiger partial charge in [0.15, 0.2) is 17.4 Å². The molecule has 3 aromatic carbocycles. The number of carbonyl (C=O) groups excluding carboxylic acids is 1. The van der Waals surface area contributed by atoms with Crippen molar-refractivity contribution >= 4 is 34.0 Å². The van der Waals surface area contributed by atoms with Crippen molar-refractivity contribution in [1.82, 2.24) is 19.7 Å². The Morgan fingerprint density at radius 1 is 1.07 bits per heavy atom. The topological polar surface area (TPSA) is 136 Å². The van der Waals surface area contributed by atoms with Crippen LogP contribution in [0.15, 0.2) is 72.9 Å². The highest BCUT2D eigenvalue weighted by Gasteiger charge is 2.38. The Hall–Kier alpha value is -5.33. The van der Waals surface area contributed by atoms with Crippen LogP contribution in [-0.2, 0) is 18.3 Å². The van der Waals surface area contributed by atoms with Gasteiger partial charge in [-0.1, -0.05) is 37.3 Å².